The molecule has 3 aromatic carbocycles. The molecule has 0 aromatic heterocycles. The number of hydrogen-bond donors (Lipinski definition) is 3. The minimum absolute atomic E-state index is 0.101. The Hall–Kier alpha value is -4.41. The van der Waals surface area contributed by atoms with Crippen LogP contribution < -0.4 is 16.2 Å². The summed E-state index contributed by atoms with van der Waals surface area (Å²) in [5.74, 6) is -2.08. The van der Waals surface area contributed by atoms with Gasteiger partial charge in [0.2, 0.25) is 5.91 Å². The number of hydrazine groups is 1. The number of nitrogens with zero attached hydrogens (tertiary/aromatic N) is 3. The quantitative estimate of drug-likeness (QED) is 0.141. The van der Waals surface area contributed by atoms with Gasteiger partial charge in [-0.3, -0.25) is 19.5 Å². The molecule has 3 N–H and O–H groups in total. The van der Waals surface area contributed by atoms with E-state index in [1.807, 2.05) is 0 Å². The van der Waals surface area contributed by atoms with Crippen LogP contribution in [-0.4, -0.2) is 71.7 Å². The topological polar surface area (TPSA) is 115 Å². The van der Waals surface area contributed by atoms with E-state index in [-0.39, 0.29) is 40.9 Å². The zero-order valence-corrected chi connectivity index (χ0v) is 27.5. The van der Waals surface area contributed by atoms with Crippen LogP contribution >= 0.6 is 23.2 Å². The Morgan fingerprint density at radius 3 is 2.16 bits per heavy atom. The number of carbonyl (C=O) groups is 3. The monoisotopic (exact) mass is 726 g/mol. The van der Waals surface area contributed by atoms with Gasteiger partial charge in [-0.15, -0.1) is 0 Å². The summed E-state index contributed by atoms with van der Waals surface area (Å²) < 4.78 is 55.5. The average Bonchev–Trinajstić information content (AvgIpc) is 3.57. The Morgan fingerprint density at radius 1 is 0.918 bits per heavy atom. The zero-order chi connectivity index (χ0) is 35.5. The molecule has 49 heavy (non-hydrogen) atoms. The highest BCUT2D eigenvalue weighted by Crippen LogP contribution is 2.24. The first-order valence-electron chi connectivity index (χ1n) is 14.8. The lowest BCUT2D eigenvalue weighted by atomic mass is 10.1. The van der Waals surface area contributed by atoms with Crippen LogP contribution in [0.4, 0.5) is 27.2 Å². The fourth-order valence-electron chi connectivity index (χ4n) is 4.79. The van der Waals surface area contributed by atoms with Gasteiger partial charge in [-0.2, -0.15) is 5.06 Å². The maximum Gasteiger partial charge on any atom is 0.370 e. The first-order chi connectivity index (χ1) is 23.5. The molecule has 3 aromatic rings. The lowest BCUT2D eigenvalue weighted by Gasteiger charge is -2.35. The molecule has 1 aliphatic rings. The van der Waals surface area contributed by atoms with Gasteiger partial charge < -0.3 is 10.2 Å². The number of benzene rings is 3. The summed E-state index contributed by atoms with van der Waals surface area (Å²) in [4.78, 5) is 50.6. The van der Waals surface area contributed by atoms with Crippen molar-refractivity contribution in [3.8, 4) is 0 Å². The second-order valence-electron chi connectivity index (χ2n) is 10.5. The van der Waals surface area contributed by atoms with E-state index in [0.717, 1.165) is 34.0 Å². The fraction of sp³-hybridized carbons (Fsp3) is 0.281. The third-order valence-corrected chi connectivity index (χ3v) is 7.95. The molecule has 0 radical (unpaired) electrons. The van der Waals surface area contributed by atoms with Crippen molar-refractivity contribution < 1.29 is 41.6 Å². The summed E-state index contributed by atoms with van der Waals surface area (Å²) in [6.45, 7) is -1.39. The van der Waals surface area contributed by atoms with Crippen LogP contribution in [0.15, 0.2) is 72.8 Å². The molecule has 1 heterocycles. The number of urea groups is 2. The minimum Gasteiger partial charge on any atom is -0.334 e. The van der Waals surface area contributed by atoms with Crippen LogP contribution in [0, 0.1) is 11.6 Å². The highest BCUT2D eigenvalue weighted by Gasteiger charge is 2.30. The Balaban J connectivity index is 1.52. The molecule has 11 nitrogen and oxygen atoms in total. The summed E-state index contributed by atoms with van der Waals surface area (Å²) in [7, 11) is 0. The summed E-state index contributed by atoms with van der Waals surface area (Å²) in [5.41, 5.74) is 6.58. The average molecular weight is 728 g/mol. The Labute approximate surface area is 289 Å². The van der Waals surface area contributed by atoms with Crippen molar-refractivity contribution in [3.05, 3.63) is 111 Å². The van der Waals surface area contributed by atoms with Crippen molar-refractivity contribution in [3.63, 3.8) is 0 Å². The molecule has 17 heteroatoms. The van der Waals surface area contributed by atoms with Crippen LogP contribution in [0.1, 0.15) is 23.6 Å². The van der Waals surface area contributed by atoms with Gasteiger partial charge in [-0.1, -0.05) is 77.8 Å². The Morgan fingerprint density at radius 2 is 1.55 bits per heavy atom. The van der Waals surface area contributed by atoms with Gasteiger partial charge in [-0.05, 0) is 29.3 Å². The lowest BCUT2D eigenvalue weighted by Crippen LogP contribution is -2.57. The van der Waals surface area contributed by atoms with E-state index in [2.05, 4.69) is 16.2 Å². The molecule has 262 valence electrons. The van der Waals surface area contributed by atoms with Gasteiger partial charge in [0, 0.05) is 32.1 Å². The van der Waals surface area contributed by atoms with Crippen LogP contribution in [0.5, 0.6) is 0 Å². The first kappa shape index (κ1) is 37.4. The standard InChI is InChI=1S/C32H32Cl2F4N6O5/c1-20(45)43(40-16-23-10-6-12-26(36)30(23)34)24(19-48-41-32(47)44-27(13-14-49-44)21-7-3-2-4-8-21)17-42(18-28(37)38)31(46)39-15-22-9-5-11-25(35)29(22)33/h2-13,24,28,40H,14-19H2,1H3,(H,39,46)(H,41,47)/t24-/m0/s1. The van der Waals surface area contributed by atoms with Crippen LogP contribution in [0.25, 0.3) is 5.70 Å². The van der Waals surface area contributed by atoms with E-state index >= 15 is 0 Å². The molecule has 0 fully saturated rings. The van der Waals surface area contributed by atoms with E-state index in [1.165, 1.54) is 24.3 Å². The number of rotatable bonds is 14. The van der Waals surface area contributed by atoms with Crippen LogP contribution in [0.2, 0.25) is 10.0 Å². The molecule has 0 unspecified atom stereocenters. The number of halogens is 6. The highest BCUT2D eigenvalue weighted by molar-refractivity contribution is 6.31. The van der Waals surface area contributed by atoms with Gasteiger partial charge in [0.1, 0.15) is 11.6 Å². The maximum atomic E-state index is 14.1. The number of nitrogens with one attached hydrogen (secondary N) is 3. The predicted molar refractivity (Wildman–Crippen MR) is 172 cm³/mol. The second kappa shape index (κ2) is 17.8. The molecule has 0 spiro atoms. The molecule has 4 rings (SSSR count). The Bertz CT molecular complexity index is 1660. The molecule has 0 saturated carbocycles. The van der Waals surface area contributed by atoms with Crippen molar-refractivity contribution in [2.75, 3.05) is 26.3 Å². The number of amides is 5. The predicted octanol–water partition coefficient (Wildman–Crippen LogP) is 5.90. The van der Waals surface area contributed by atoms with E-state index in [0.29, 0.717) is 11.3 Å². The third-order valence-electron chi connectivity index (χ3n) is 7.10. The normalized spacial score (nSPS) is 13.2. The number of alkyl halides is 2. The largest absolute Gasteiger partial charge is 0.370 e. The van der Waals surface area contributed by atoms with Gasteiger partial charge >= 0.3 is 12.1 Å². The minimum atomic E-state index is -3.00. The SMILES string of the molecule is CC(=O)N(NCc1cccc(F)c1Cl)[C@H](CONC(=O)N1OCC=C1c1ccccc1)CN(CC(F)F)C(=O)NCc1cccc(F)c1Cl. The van der Waals surface area contributed by atoms with Crippen molar-refractivity contribution >= 4 is 46.9 Å². The summed E-state index contributed by atoms with van der Waals surface area (Å²) in [6, 6.07) is 13.8. The number of carbonyl (C=O) groups excluding carboxylic acids is 3. The molecule has 0 aliphatic carbocycles. The van der Waals surface area contributed by atoms with Crippen molar-refractivity contribution in [1.29, 1.82) is 0 Å². The summed E-state index contributed by atoms with van der Waals surface area (Å²) in [6.07, 6.45) is -1.32. The van der Waals surface area contributed by atoms with Gasteiger partial charge in [0.05, 0.1) is 41.5 Å². The summed E-state index contributed by atoms with van der Waals surface area (Å²) >= 11 is 12.0. The van der Waals surface area contributed by atoms with E-state index in [9.17, 15) is 31.9 Å². The smallest absolute Gasteiger partial charge is 0.334 e. The van der Waals surface area contributed by atoms with Crippen molar-refractivity contribution in [2.24, 2.45) is 0 Å². The van der Waals surface area contributed by atoms with E-state index in [4.69, 9.17) is 32.9 Å². The van der Waals surface area contributed by atoms with E-state index in [1.54, 1.807) is 36.4 Å². The van der Waals surface area contributed by atoms with Crippen molar-refractivity contribution in [2.45, 2.75) is 32.5 Å². The van der Waals surface area contributed by atoms with Gasteiger partial charge in [0.15, 0.2) is 0 Å². The fourth-order valence-corrected chi connectivity index (χ4v) is 5.17. The molecule has 1 aliphatic heterocycles. The van der Waals surface area contributed by atoms with Crippen LogP contribution in [0.3, 0.4) is 0 Å². The number of hydroxylamine groups is 3. The third kappa shape index (κ3) is 10.3. The molecule has 5 amide bonds. The second-order valence-corrected chi connectivity index (χ2v) is 11.3. The molecule has 0 bridgehead atoms. The molecule has 1 atom stereocenters. The first-order valence-corrected chi connectivity index (χ1v) is 15.5. The zero-order valence-electron chi connectivity index (χ0n) is 26.0. The Kier molecular flexibility index (Phi) is 13.6. The van der Waals surface area contributed by atoms with Gasteiger partial charge in [-0.25, -0.2) is 38.1 Å². The molecular formula is C32H32Cl2F4N6O5. The van der Waals surface area contributed by atoms with Crippen molar-refractivity contribution in [1.82, 2.24) is 31.2 Å². The summed E-state index contributed by atoms with van der Waals surface area (Å²) in [5, 5.41) is 3.93. The van der Waals surface area contributed by atoms with Crippen LogP contribution in [-0.2, 0) is 27.6 Å². The molecule has 0 saturated heterocycles. The van der Waals surface area contributed by atoms with Gasteiger partial charge in [0.25, 0.3) is 6.43 Å². The highest BCUT2D eigenvalue weighted by atomic mass is 35.5. The maximum absolute atomic E-state index is 14.1. The number of hydrogen-bond acceptors (Lipinski definition) is 6. The lowest BCUT2D eigenvalue weighted by molar-refractivity contribution is -0.138. The molecular weight excluding hydrogens is 695 g/mol. The van der Waals surface area contributed by atoms with E-state index < -0.39 is 61.8 Å².